The molecule has 1 aliphatic carbocycles. The summed E-state index contributed by atoms with van der Waals surface area (Å²) in [5, 5.41) is 11.3. The zero-order valence-electron chi connectivity index (χ0n) is 9.56. The van der Waals surface area contributed by atoms with Crippen LogP contribution in [-0.4, -0.2) is 23.2 Å². The van der Waals surface area contributed by atoms with Crippen molar-refractivity contribution in [2.24, 2.45) is 0 Å². The van der Waals surface area contributed by atoms with E-state index in [0.717, 1.165) is 24.1 Å². The second-order valence-corrected chi connectivity index (χ2v) is 4.80. The summed E-state index contributed by atoms with van der Waals surface area (Å²) in [7, 11) is 0. The monoisotopic (exact) mass is 233 g/mol. The molecule has 2 aliphatic rings. The van der Waals surface area contributed by atoms with Crippen molar-refractivity contribution in [1.82, 2.24) is 0 Å². The van der Waals surface area contributed by atoms with Gasteiger partial charge in [-0.15, -0.1) is 0 Å². The van der Waals surface area contributed by atoms with Crippen molar-refractivity contribution in [2.75, 3.05) is 11.7 Å². The Morgan fingerprint density at radius 3 is 2.76 bits per heavy atom. The molecule has 90 valence electrons. The van der Waals surface area contributed by atoms with Crippen molar-refractivity contribution in [1.29, 1.82) is 0 Å². The Kier molecular flexibility index (Phi) is 2.42. The third-order valence-electron chi connectivity index (χ3n) is 3.32. The van der Waals surface area contributed by atoms with E-state index in [1.54, 1.807) is 0 Å². The molecule has 4 heteroatoms. The number of carbonyl (C=O) groups excluding carboxylic acids is 1. The zero-order valence-corrected chi connectivity index (χ0v) is 9.56. The molecule has 1 aromatic rings. The van der Waals surface area contributed by atoms with Gasteiger partial charge in [0.05, 0.1) is 24.3 Å². The molecule has 3 rings (SSSR count). The predicted molar refractivity (Wildman–Crippen MR) is 62.4 cm³/mol. The fourth-order valence-corrected chi connectivity index (χ4v) is 2.14. The number of benzene rings is 1. The van der Waals surface area contributed by atoms with Gasteiger partial charge in [0.25, 0.3) is 5.91 Å². The first-order chi connectivity index (χ1) is 8.18. The number of rotatable bonds is 3. The molecule has 1 aliphatic heterocycles. The molecule has 0 spiro atoms. The lowest BCUT2D eigenvalue weighted by Gasteiger charge is -2.19. The Hall–Kier alpha value is -1.39. The number of hydrogen-bond donors (Lipinski definition) is 1. The van der Waals surface area contributed by atoms with Gasteiger partial charge in [0.2, 0.25) is 0 Å². The molecule has 1 saturated carbocycles. The number of hydrogen-bond acceptors (Lipinski definition) is 3. The highest BCUT2D eigenvalue weighted by Gasteiger charge is 2.41. The van der Waals surface area contributed by atoms with Crippen LogP contribution in [0.3, 0.4) is 0 Å². The minimum atomic E-state index is -0.557. The molecule has 0 aromatic heterocycles. The molecule has 0 radical (unpaired) electrons. The average molecular weight is 233 g/mol. The van der Waals surface area contributed by atoms with Gasteiger partial charge in [-0.3, -0.25) is 9.63 Å². The molecule has 1 amide bonds. The highest BCUT2D eigenvalue weighted by molar-refractivity contribution is 5.93. The molecule has 1 saturated heterocycles. The summed E-state index contributed by atoms with van der Waals surface area (Å²) >= 11 is 0. The van der Waals surface area contributed by atoms with Crippen molar-refractivity contribution in [2.45, 2.75) is 31.3 Å². The van der Waals surface area contributed by atoms with E-state index in [9.17, 15) is 9.90 Å². The van der Waals surface area contributed by atoms with Crippen molar-refractivity contribution in [3.8, 4) is 0 Å². The molecule has 1 N–H and O–H groups in total. The predicted octanol–water partition coefficient (Wildman–Crippen LogP) is 1.42. The van der Waals surface area contributed by atoms with Crippen LogP contribution < -0.4 is 5.06 Å². The summed E-state index contributed by atoms with van der Waals surface area (Å²) in [6.07, 6.45) is 2.71. The van der Waals surface area contributed by atoms with Crippen LogP contribution in [0.4, 0.5) is 5.69 Å². The Labute approximate surface area is 99.8 Å². The van der Waals surface area contributed by atoms with E-state index in [2.05, 4.69) is 0 Å². The fraction of sp³-hybridized carbons (Fsp3) is 0.462. The van der Waals surface area contributed by atoms with Gasteiger partial charge in [0.1, 0.15) is 0 Å². The second-order valence-electron chi connectivity index (χ2n) is 4.80. The third kappa shape index (κ3) is 2.06. The summed E-state index contributed by atoms with van der Waals surface area (Å²) in [6, 6.07) is 7.61. The van der Waals surface area contributed by atoms with Crippen LogP contribution in [0.2, 0.25) is 0 Å². The minimum Gasteiger partial charge on any atom is -0.390 e. The number of hydroxylamine groups is 1. The molecule has 0 bridgehead atoms. The summed E-state index contributed by atoms with van der Waals surface area (Å²) in [5.41, 5.74) is 1.19. The van der Waals surface area contributed by atoms with Crippen molar-refractivity contribution >= 4 is 11.6 Å². The van der Waals surface area contributed by atoms with Crippen molar-refractivity contribution in [3.63, 3.8) is 0 Å². The summed E-state index contributed by atoms with van der Waals surface area (Å²) in [6.45, 7) is 0.442. The Morgan fingerprint density at radius 2 is 2.12 bits per heavy atom. The van der Waals surface area contributed by atoms with Gasteiger partial charge in [-0.05, 0) is 24.5 Å². The lowest BCUT2D eigenvalue weighted by Crippen LogP contribution is -2.24. The fourth-order valence-electron chi connectivity index (χ4n) is 2.14. The maximum atomic E-state index is 11.6. The van der Waals surface area contributed by atoms with E-state index in [1.165, 1.54) is 5.06 Å². The van der Waals surface area contributed by atoms with Gasteiger partial charge in [-0.1, -0.05) is 18.2 Å². The maximum Gasteiger partial charge on any atom is 0.253 e. The molecule has 0 atom stereocenters. The van der Waals surface area contributed by atoms with Crippen molar-refractivity contribution in [3.05, 3.63) is 29.8 Å². The van der Waals surface area contributed by atoms with Gasteiger partial charge in [0, 0.05) is 6.42 Å². The van der Waals surface area contributed by atoms with Gasteiger partial charge in [0.15, 0.2) is 0 Å². The van der Waals surface area contributed by atoms with Crippen LogP contribution in [0.15, 0.2) is 24.3 Å². The number of para-hydroxylation sites is 1. The Balaban J connectivity index is 1.90. The van der Waals surface area contributed by atoms with E-state index in [0.29, 0.717) is 19.4 Å². The summed E-state index contributed by atoms with van der Waals surface area (Å²) < 4.78 is 0. The lowest BCUT2D eigenvalue weighted by atomic mass is 10.0. The lowest BCUT2D eigenvalue weighted by molar-refractivity contribution is -0.119. The first-order valence-corrected chi connectivity index (χ1v) is 5.94. The van der Waals surface area contributed by atoms with Gasteiger partial charge in [-0.25, -0.2) is 0 Å². The van der Waals surface area contributed by atoms with E-state index in [1.807, 2.05) is 24.3 Å². The minimum absolute atomic E-state index is 0.0137. The first-order valence-electron chi connectivity index (χ1n) is 5.94. The van der Waals surface area contributed by atoms with Crippen molar-refractivity contribution < 1.29 is 14.7 Å². The molecule has 2 fully saturated rings. The van der Waals surface area contributed by atoms with Gasteiger partial charge < -0.3 is 5.11 Å². The molecule has 4 nitrogen and oxygen atoms in total. The molecular weight excluding hydrogens is 218 g/mol. The van der Waals surface area contributed by atoms with E-state index >= 15 is 0 Å². The van der Waals surface area contributed by atoms with Gasteiger partial charge in [-0.2, -0.15) is 5.06 Å². The highest BCUT2D eigenvalue weighted by Crippen LogP contribution is 2.40. The molecule has 17 heavy (non-hydrogen) atoms. The van der Waals surface area contributed by atoms with Crippen LogP contribution in [0.25, 0.3) is 0 Å². The first kappa shape index (κ1) is 10.7. The number of amides is 1. The highest BCUT2D eigenvalue weighted by atomic mass is 16.7. The van der Waals surface area contributed by atoms with Gasteiger partial charge >= 0.3 is 0 Å². The summed E-state index contributed by atoms with van der Waals surface area (Å²) in [4.78, 5) is 17.0. The molecule has 0 unspecified atom stereocenters. The number of anilines is 1. The Morgan fingerprint density at radius 1 is 1.35 bits per heavy atom. The average Bonchev–Trinajstić information content (AvgIpc) is 2.88. The Bertz CT molecular complexity index is 454. The quantitative estimate of drug-likeness (QED) is 0.859. The van der Waals surface area contributed by atoms with Crippen LogP contribution in [-0.2, 0) is 16.1 Å². The largest absolute Gasteiger partial charge is 0.390 e. The maximum absolute atomic E-state index is 11.6. The summed E-state index contributed by atoms with van der Waals surface area (Å²) in [5.74, 6) is -0.0137. The number of carbonyl (C=O) groups is 1. The molecular formula is C13H15NO3. The van der Waals surface area contributed by atoms with Crippen LogP contribution in [0, 0.1) is 0 Å². The van der Waals surface area contributed by atoms with Crippen LogP contribution >= 0.6 is 0 Å². The normalized spacial score (nSPS) is 21.9. The van der Waals surface area contributed by atoms with E-state index in [-0.39, 0.29) is 5.91 Å². The number of nitrogens with zero attached hydrogens (tertiary/aromatic N) is 1. The smallest absolute Gasteiger partial charge is 0.253 e. The van der Waals surface area contributed by atoms with Crippen LogP contribution in [0.1, 0.15) is 24.8 Å². The topological polar surface area (TPSA) is 49.8 Å². The van der Waals surface area contributed by atoms with E-state index < -0.39 is 5.60 Å². The SMILES string of the molecule is O=C1CCON1c1ccccc1CC1(O)CC1. The third-order valence-corrected chi connectivity index (χ3v) is 3.32. The zero-order chi connectivity index (χ0) is 11.9. The standard InChI is InChI=1S/C13H15NO3/c15-12-5-8-17-14(12)11-4-2-1-3-10(11)9-13(16)6-7-13/h1-4,16H,5-9H2. The molecule has 1 aromatic carbocycles. The molecule has 1 heterocycles. The van der Waals surface area contributed by atoms with E-state index in [4.69, 9.17) is 4.84 Å². The second kappa shape index (κ2) is 3.82. The number of aliphatic hydroxyl groups is 1. The van der Waals surface area contributed by atoms with Crippen LogP contribution in [0.5, 0.6) is 0 Å².